The van der Waals surface area contributed by atoms with E-state index in [1.165, 1.54) is 29.2 Å². The lowest BCUT2D eigenvalue weighted by Crippen LogP contribution is -2.42. The van der Waals surface area contributed by atoms with Crippen molar-refractivity contribution in [3.05, 3.63) is 42.1 Å². The van der Waals surface area contributed by atoms with Crippen LogP contribution in [0.3, 0.4) is 0 Å². The highest BCUT2D eigenvalue weighted by molar-refractivity contribution is 5.95. The van der Waals surface area contributed by atoms with Gasteiger partial charge in [0.2, 0.25) is 12.7 Å². The van der Waals surface area contributed by atoms with Gasteiger partial charge in [-0.05, 0) is 30.3 Å². The lowest BCUT2D eigenvalue weighted by Gasteiger charge is -2.26. The normalized spacial score (nSPS) is 18.0. The van der Waals surface area contributed by atoms with Crippen molar-refractivity contribution < 1.29 is 27.8 Å². The maximum Gasteiger partial charge on any atom is 0.282 e. The summed E-state index contributed by atoms with van der Waals surface area (Å²) in [5.41, 5.74) is 0.759. The third kappa shape index (κ3) is 3.51. The highest BCUT2D eigenvalue weighted by Crippen LogP contribution is 2.34. The summed E-state index contributed by atoms with van der Waals surface area (Å²) in [7, 11) is 1.44. The fourth-order valence-corrected chi connectivity index (χ4v) is 3.38. The Hall–Kier alpha value is -3.10. The zero-order valence-electron chi connectivity index (χ0n) is 15.2. The van der Waals surface area contributed by atoms with Gasteiger partial charge in [0.15, 0.2) is 11.5 Å². The molecule has 0 spiro atoms. The molecule has 148 valence electrons. The Morgan fingerprint density at radius 3 is 2.82 bits per heavy atom. The van der Waals surface area contributed by atoms with Crippen LogP contribution >= 0.6 is 0 Å². The van der Waals surface area contributed by atoms with Gasteiger partial charge in [-0.25, -0.2) is 13.8 Å². The number of carbonyl (C=O) groups is 1. The molecule has 1 saturated heterocycles. The second kappa shape index (κ2) is 7.14. The van der Waals surface area contributed by atoms with Crippen molar-refractivity contribution in [1.82, 2.24) is 9.88 Å². The Balaban J connectivity index is 1.56. The Labute approximate surface area is 160 Å². The number of alkyl halides is 2. The molecule has 4 rings (SSSR count). The van der Waals surface area contributed by atoms with E-state index in [1.807, 2.05) is 0 Å². The average Bonchev–Trinajstić information content (AvgIpc) is 3.10. The van der Waals surface area contributed by atoms with Crippen LogP contribution in [0.4, 0.5) is 14.5 Å². The van der Waals surface area contributed by atoms with Crippen molar-refractivity contribution in [2.45, 2.75) is 5.92 Å². The molecule has 0 bridgehead atoms. The van der Waals surface area contributed by atoms with Gasteiger partial charge >= 0.3 is 0 Å². The van der Waals surface area contributed by atoms with Crippen molar-refractivity contribution in [3.8, 4) is 17.4 Å². The van der Waals surface area contributed by atoms with E-state index in [1.54, 1.807) is 24.3 Å². The molecule has 0 unspecified atom stereocenters. The quantitative estimate of drug-likeness (QED) is 0.801. The number of ether oxygens (including phenoxy) is 3. The molecule has 0 aliphatic carbocycles. The highest BCUT2D eigenvalue weighted by Gasteiger charge is 2.39. The standard InChI is InChI=1S/C19H19F2N3O4/c1-26-17-14(3-2-6-22-17)23-7-8-24(11-19(20,21)10-23)18(25)13-4-5-15-16(9-13)28-12-27-15/h2-6,9H,7-8,10-12H2,1H3. The molecule has 0 radical (unpaired) electrons. The van der Waals surface area contributed by atoms with Crippen molar-refractivity contribution in [1.29, 1.82) is 0 Å². The van der Waals surface area contributed by atoms with Gasteiger partial charge in [0.25, 0.3) is 11.8 Å². The molecule has 0 atom stereocenters. The van der Waals surface area contributed by atoms with Crippen LogP contribution in [-0.4, -0.2) is 61.8 Å². The summed E-state index contributed by atoms with van der Waals surface area (Å²) in [6.07, 6.45) is 1.54. The number of amides is 1. The Morgan fingerprint density at radius 1 is 1.18 bits per heavy atom. The average molecular weight is 391 g/mol. The molecule has 2 aliphatic rings. The predicted octanol–water partition coefficient (Wildman–Crippen LogP) is 2.42. The van der Waals surface area contributed by atoms with Crippen molar-refractivity contribution >= 4 is 11.6 Å². The minimum atomic E-state index is -3.09. The lowest BCUT2D eigenvalue weighted by molar-refractivity contribution is -0.0119. The van der Waals surface area contributed by atoms with Crippen LogP contribution < -0.4 is 19.1 Å². The minimum absolute atomic E-state index is 0.0800. The van der Waals surface area contributed by atoms with Gasteiger partial charge in [0.05, 0.1) is 20.2 Å². The second-order valence-corrected chi connectivity index (χ2v) is 6.60. The summed E-state index contributed by atoms with van der Waals surface area (Å²) in [5, 5.41) is 0. The summed E-state index contributed by atoms with van der Waals surface area (Å²) in [5.74, 6) is -2.32. The van der Waals surface area contributed by atoms with Crippen LogP contribution in [0.25, 0.3) is 0 Å². The monoisotopic (exact) mass is 391 g/mol. The predicted molar refractivity (Wildman–Crippen MR) is 96.4 cm³/mol. The molecular weight excluding hydrogens is 372 g/mol. The first-order valence-corrected chi connectivity index (χ1v) is 8.77. The molecule has 28 heavy (non-hydrogen) atoms. The summed E-state index contributed by atoms with van der Waals surface area (Å²) < 4.78 is 45.0. The molecule has 2 aliphatic heterocycles. The number of aromatic nitrogens is 1. The number of hydrogen-bond acceptors (Lipinski definition) is 6. The number of benzene rings is 1. The van der Waals surface area contributed by atoms with Crippen LogP contribution in [0, 0.1) is 0 Å². The molecule has 3 heterocycles. The van der Waals surface area contributed by atoms with Crippen LogP contribution in [-0.2, 0) is 0 Å². The summed E-state index contributed by atoms with van der Waals surface area (Å²) in [4.78, 5) is 19.6. The Kier molecular flexibility index (Phi) is 4.66. The first-order valence-electron chi connectivity index (χ1n) is 8.77. The van der Waals surface area contributed by atoms with Gasteiger partial charge in [-0.3, -0.25) is 4.79 Å². The molecule has 0 saturated carbocycles. The molecule has 9 heteroatoms. The number of pyridine rings is 1. The third-order valence-corrected chi connectivity index (χ3v) is 4.68. The molecule has 1 aromatic heterocycles. The number of anilines is 1. The smallest absolute Gasteiger partial charge is 0.282 e. The van der Waals surface area contributed by atoms with Crippen molar-refractivity contribution in [3.63, 3.8) is 0 Å². The van der Waals surface area contributed by atoms with Crippen molar-refractivity contribution in [2.24, 2.45) is 0 Å². The number of halogens is 2. The van der Waals surface area contributed by atoms with Gasteiger partial charge in [-0.1, -0.05) is 0 Å². The third-order valence-electron chi connectivity index (χ3n) is 4.68. The first-order chi connectivity index (χ1) is 13.5. The molecule has 1 amide bonds. The largest absolute Gasteiger partial charge is 0.480 e. The van der Waals surface area contributed by atoms with Gasteiger partial charge in [0, 0.05) is 24.8 Å². The van der Waals surface area contributed by atoms with E-state index in [9.17, 15) is 13.6 Å². The number of methoxy groups -OCH3 is 1. The van der Waals surface area contributed by atoms with Gasteiger partial charge in [0.1, 0.15) is 5.69 Å². The lowest BCUT2D eigenvalue weighted by atomic mass is 10.1. The molecule has 1 fully saturated rings. The second-order valence-electron chi connectivity index (χ2n) is 6.60. The van der Waals surface area contributed by atoms with Gasteiger partial charge in [-0.2, -0.15) is 0 Å². The van der Waals surface area contributed by atoms with E-state index >= 15 is 0 Å². The SMILES string of the molecule is COc1ncccc1N1CCN(C(=O)c2ccc3c(c2)OCO3)CC(F)(F)C1. The summed E-state index contributed by atoms with van der Waals surface area (Å²) in [6.45, 7) is -0.745. The topological polar surface area (TPSA) is 64.1 Å². The number of nitrogens with zero attached hydrogens (tertiary/aromatic N) is 3. The van der Waals surface area contributed by atoms with Gasteiger partial charge in [-0.15, -0.1) is 0 Å². The number of rotatable bonds is 3. The summed E-state index contributed by atoms with van der Waals surface area (Å²) in [6, 6.07) is 8.03. The molecule has 7 nitrogen and oxygen atoms in total. The fourth-order valence-electron chi connectivity index (χ4n) is 3.38. The van der Waals surface area contributed by atoms with Crippen LogP contribution in [0.5, 0.6) is 17.4 Å². The Bertz CT molecular complexity index is 893. The zero-order valence-corrected chi connectivity index (χ0v) is 15.2. The number of hydrogen-bond donors (Lipinski definition) is 0. The zero-order chi connectivity index (χ0) is 19.7. The van der Waals surface area contributed by atoms with Gasteiger partial charge < -0.3 is 24.0 Å². The molecule has 1 aromatic carbocycles. The number of fused-ring (bicyclic) bond motifs is 1. The molecule has 2 aromatic rings. The molecular formula is C19H19F2N3O4. The van der Waals surface area contributed by atoms with E-state index in [0.29, 0.717) is 17.2 Å². The molecule has 0 N–H and O–H groups in total. The van der Waals surface area contributed by atoms with E-state index < -0.39 is 24.9 Å². The van der Waals surface area contributed by atoms with Crippen LogP contribution in [0.1, 0.15) is 10.4 Å². The maximum absolute atomic E-state index is 14.6. The van der Waals surface area contributed by atoms with Crippen molar-refractivity contribution in [2.75, 3.05) is 45.0 Å². The maximum atomic E-state index is 14.6. The van der Waals surface area contributed by atoms with E-state index in [0.717, 1.165) is 0 Å². The van der Waals surface area contributed by atoms with E-state index in [4.69, 9.17) is 14.2 Å². The Morgan fingerprint density at radius 2 is 2.00 bits per heavy atom. The fraction of sp³-hybridized carbons (Fsp3) is 0.368. The van der Waals surface area contributed by atoms with Crippen LogP contribution in [0.15, 0.2) is 36.5 Å². The minimum Gasteiger partial charge on any atom is -0.480 e. The van der Waals surface area contributed by atoms with Crippen LogP contribution in [0.2, 0.25) is 0 Å². The highest BCUT2D eigenvalue weighted by atomic mass is 19.3. The first kappa shape index (κ1) is 18.3. The van der Waals surface area contributed by atoms with E-state index in [2.05, 4.69) is 4.98 Å². The van der Waals surface area contributed by atoms with E-state index in [-0.39, 0.29) is 31.3 Å². The number of carbonyl (C=O) groups excluding carboxylic acids is 1. The summed E-state index contributed by atoms with van der Waals surface area (Å²) >= 11 is 0.